The van der Waals surface area contributed by atoms with Crippen LogP contribution < -0.4 is 14.3 Å². The molecule has 0 fully saturated rings. The summed E-state index contributed by atoms with van der Waals surface area (Å²) in [5.41, 5.74) is 15.0. The van der Waals surface area contributed by atoms with E-state index < -0.39 is 19.6 Å². The molecular weight excluding hydrogens is 766 g/mol. The number of furan rings is 1. The number of fused-ring (bicyclic) bond motifs is 15. The molecule has 1 spiro atoms. The van der Waals surface area contributed by atoms with Gasteiger partial charge < -0.3 is 4.42 Å². The Hall–Kier alpha value is -6.89. The lowest BCUT2D eigenvalue weighted by atomic mass is 9.88. The lowest BCUT2D eigenvalue weighted by Gasteiger charge is -2.25. The Morgan fingerprint density at radius 2 is 1.33 bits per heavy atom. The number of hydrogen-bond donors (Lipinski definition) is 0. The summed E-state index contributed by atoms with van der Waals surface area (Å²) in [4.78, 5) is 0. The molecule has 3 aromatic heterocycles. The van der Waals surface area contributed by atoms with Crippen LogP contribution in [0.3, 0.4) is 0 Å². The molecule has 294 valence electrons. The average Bonchev–Trinajstić information content (AvgIpc) is 3.98. The van der Waals surface area contributed by atoms with Gasteiger partial charge in [-0.3, -0.25) is 0 Å². The van der Waals surface area contributed by atoms with Crippen LogP contribution >= 0.6 is 0 Å². The average molecular weight is 811 g/mol. The molecule has 61 heavy (non-hydrogen) atoms. The van der Waals surface area contributed by atoms with E-state index in [1.807, 2.05) is 32.0 Å². The number of nitrogens with zero attached hydrogens (tertiary/aromatic N) is 3. The van der Waals surface area contributed by atoms with Crippen molar-refractivity contribution < 1.29 is 19.3 Å². The van der Waals surface area contributed by atoms with Gasteiger partial charge in [0, 0.05) is 29.0 Å². The molecule has 1 unspecified atom stereocenters. The SMILES string of the molecule is [2H]C(C)(C)c1cc2[n+](cc1[Si](C)(C)C)C1(c3ccccc3-2)c2cc3oc4ccc(-c5ccc(F)cc5)cc4c3cc2-c2n(-c3ccccc3-c3ccccc3)c3ccccc3[n+]21. The first kappa shape index (κ1) is 34.9. The molecular formula is C55H44FN3OSi+2. The molecule has 10 aromatic rings. The van der Waals surface area contributed by atoms with Crippen molar-refractivity contribution in [2.24, 2.45) is 0 Å². The monoisotopic (exact) mass is 810 g/mol. The minimum absolute atomic E-state index is 0.255. The lowest BCUT2D eigenvalue weighted by molar-refractivity contribution is -0.944. The van der Waals surface area contributed by atoms with E-state index in [4.69, 9.17) is 4.42 Å². The van der Waals surface area contributed by atoms with Gasteiger partial charge in [-0.15, -0.1) is 9.13 Å². The molecule has 0 amide bonds. The second kappa shape index (κ2) is 12.8. The highest BCUT2D eigenvalue weighted by Gasteiger charge is 2.66. The van der Waals surface area contributed by atoms with Crippen LogP contribution in [0.15, 0.2) is 174 Å². The zero-order chi connectivity index (χ0) is 42.3. The largest absolute Gasteiger partial charge is 0.456 e. The Balaban J connectivity index is 1.27. The number of halogens is 1. The van der Waals surface area contributed by atoms with Crippen molar-refractivity contribution in [2.75, 3.05) is 0 Å². The smallest absolute Gasteiger partial charge is 0.364 e. The van der Waals surface area contributed by atoms with Gasteiger partial charge in [0.1, 0.15) is 22.7 Å². The third-order valence-electron chi connectivity index (χ3n) is 13.1. The highest BCUT2D eigenvalue weighted by molar-refractivity contribution is 6.89. The van der Waals surface area contributed by atoms with Gasteiger partial charge in [0.2, 0.25) is 5.69 Å². The van der Waals surface area contributed by atoms with Crippen LogP contribution in [-0.2, 0) is 5.66 Å². The van der Waals surface area contributed by atoms with Crippen LogP contribution in [0, 0.1) is 5.82 Å². The molecule has 0 aliphatic carbocycles. The van der Waals surface area contributed by atoms with Crippen molar-refractivity contribution in [3.05, 3.63) is 192 Å². The molecule has 7 aromatic carbocycles. The fourth-order valence-corrected chi connectivity index (χ4v) is 12.1. The van der Waals surface area contributed by atoms with E-state index in [-0.39, 0.29) is 5.82 Å². The van der Waals surface area contributed by atoms with Crippen molar-refractivity contribution in [3.8, 4) is 50.6 Å². The number of imidazole rings is 1. The summed E-state index contributed by atoms with van der Waals surface area (Å²) in [7, 11) is -2.03. The molecule has 0 bridgehead atoms. The summed E-state index contributed by atoms with van der Waals surface area (Å²) in [6, 6.07) is 57.0. The van der Waals surface area contributed by atoms with Gasteiger partial charge in [-0.25, -0.2) is 4.39 Å². The molecule has 0 N–H and O–H groups in total. The van der Waals surface area contributed by atoms with Gasteiger partial charge >= 0.3 is 11.5 Å². The fraction of sp³-hybridized carbons (Fsp3) is 0.127. The zero-order valence-electron chi connectivity index (χ0n) is 35.8. The summed E-state index contributed by atoms with van der Waals surface area (Å²) >= 11 is 0. The number of pyridine rings is 1. The molecule has 6 heteroatoms. The van der Waals surface area contributed by atoms with Crippen LogP contribution in [0.1, 0.15) is 37.8 Å². The van der Waals surface area contributed by atoms with E-state index in [1.165, 1.54) is 22.9 Å². The van der Waals surface area contributed by atoms with Crippen LogP contribution in [0.5, 0.6) is 0 Å². The predicted molar refractivity (Wildman–Crippen MR) is 248 cm³/mol. The number of rotatable bonds is 5. The summed E-state index contributed by atoms with van der Waals surface area (Å²) in [5, 5.41) is 3.30. The quantitative estimate of drug-likeness (QED) is 0.126. The molecule has 12 rings (SSSR count). The summed E-state index contributed by atoms with van der Waals surface area (Å²) in [6.07, 6.45) is 2.42. The molecule has 0 saturated heterocycles. The van der Waals surface area contributed by atoms with Crippen LogP contribution in [-0.4, -0.2) is 12.6 Å². The first-order valence-corrected chi connectivity index (χ1v) is 24.6. The second-order valence-corrected chi connectivity index (χ2v) is 22.9. The predicted octanol–water partition coefficient (Wildman–Crippen LogP) is 12.5. The third kappa shape index (κ3) is 4.97. The van der Waals surface area contributed by atoms with Crippen LogP contribution in [0.2, 0.25) is 19.6 Å². The third-order valence-corrected chi connectivity index (χ3v) is 15.1. The van der Waals surface area contributed by atoms with Crippen molar-refractivity contribution in [1.29, 1.82) is 0 Å². The molecule has 2 aliphatic heterocycles. The molecule has 4 nitrogen and oxygen atoms in total. The Morgan fingerprint density at radius 3 is 2.11 bits per heavy atom. The molecule has 1 atom stereocenters. The van der Waals surface area contributed by atoms with Crippen molar-refractivity contribution in [3.63, 3.8) is 0 Å². The summed E-state index contributed by atoms with van der Waals surface area (Å²) < 4.78 is 38.0. The number of hydrogen-bond acceptors (Lipinski definition) is 1. The Labute approximate surface area is 356 Å². The Kier molecular flexibility index (Phi) is 7.33. The maximum absolute atomic E-state index is 14.1. The molecule has 0 saturated carbocycles. The topological polar surface area (TPSA) is 25.8 Å². The molecule has 5 heterocycles. The van der Waals surface area contributed by atoms with Gasteiger partial charge in [0.15, 0.2) is 17.2 Å². The van der Waals surface area contributed by atoms with Crippen molar-refractivity contribution >= 4 is 46.2 Å². The molecule has 2 aliphatic rings. The minimum atomic E-state index is -2.03. The Morgan fingerprint density at radius 1 is 0.639 bits per heavy atom. The zero-order valence-corrected chi connectivity index (χ0v) is 35.8. The number of para-hydroxylation sites is 3. The van der Waals surface area contributed by atoms with Crippen molar-refractivity contribution in [1.82, 2.24) is 4.57 Å². The van der Waals surface area contributed by atoms with Crippen molar-refractivity contribution in [2.45, 2.75) is 45.0 Å². The van der Waals surface area contributed by atoms with Gasteiger partial charge in [-0.2, -0.15) is 4.57 Å². The van der Waals surface area contributed by atoms with Gasteiger partial charge in [-0.05, 0) is 94.9 Å². The van der Waals surface area contributed by atoms with Gasteiger partial charge in [-0.1, -0.05) is 124 Å². The number of aromatic nitrogens is 3. The van der Waals surface area contributed by atoms with Gasteiger partial charge in [0.25, 0.3) is 0 Å². The van der Waals surface area contributed by atoms with E-state index >= 15 is 0 Å². The molecule has 0 radical (unpaired) electrons. The maximum Gasteiger partial charge on any atom is 0.364 e. The maximum atomic E-state index is 14.1. The normalized spacial score (nSPS) is 15.7. The van der Waals surface area contributed by atoms with Crippen LogP contribution in [0.25, 0.3) is 83.6 Å². The first-order chi connectivity index (χ1) is 29.9. The standard InChI is InChI=1S/C55H44FN3OSi/c1-34(2)41-31-50-40-18-9-11-19-45(40)55(57(50)33-53(41)61(3,4)5)46-32-52-43(42-29-37(25-28-51(42)60-52)35-23-26-38(56)27-24-35)30-44(46)54-58(48-21-13-14-22-49(48)59(54)55)47-20-12-10-17-39(47)36-15-7-6-8-16-36/h6-34H,1-5H3/q+2/i34D. The van der Waals surface area contributed by atoms with E-state index in [1.54, 1.807) is 0 Å². The minimum Gasteiger partial charge on any atom is -0.456 e. The fourth-order valence-electron chi connectivity index (χ4n) is 10.4. The lowest BCUT2D eigenvalue weighted by Crippen LogP contribution is -2.72. The van der Waals surface area contributed by atoms with E-state index in [0.717, 1.165) is 94.7 Å². The van der Waals surface area contributed by atoms with Gasteiger partial charge in [0.05, 0.1) is 30.3 Å². The first-order valence-electron chi connectivity index (χ1n) is 21.6. The van der Waals surface area contributed by atoms with E-state index in [0.29, 0.717) is 0 Å². The van der Waals surface area contributed by atoms with Crippen LogP contribution in [0.4, 0.5) is 4.39 Å². The van der Waals surface area contributed by atoms with E-state index in [9.17, 15) is 5.76 Å². The number of benzene rings is 7. The highest BCUT2D eigenvalue weighted by Crippen LogP contribution is 2.52. The Bertz CT molecular complexity index is 3500. The van der Waals surface area contributed by atoms with E-state index in [2.05, 4.69) is 173 Å². The highest BCUT2D eigenvalue weighted by atomic mass is 28.3. The second-order valence-electron chi connectivity index (χ2n) is 17.9. The summed E-state index contributed by atoms with van der Waals surface area (Å²) in [5.74, 6) is 0.0202. The summed E-state index contributed by atoms with van der Waals surface area (Å²) in [6.45, 7) is 11.2.